The number of anilines is 2. The van der Waals surface area contributed by atoms with E-state index in [4.69, 9.17) is 5.73 Å². The maximum Gasteiger partial charge on any atom is 0.150 e. The fourth-order valence-corrected chi connectivity index (χ4v) is 1.68. The summed E-state index contributed by atoms with van der Waals surface area (Å²) >= 11 is 0. The van der Waals surface area contributed by atoms with Gasteiger partial charge in [-0.2, -0.15) is 5.10 Å². The maximum atomic E-state index is 6.04. The van der Waals surface area contributed by atoms with Crippen LogP contribution in [-0.4, -0.2) is 37.0 Å². The van der Waals surface area contributed by atoms with E-state index >= 15 is 0 Å². The lowest BCUT2D eigenvalue weighted by Gasteiger charge is -2.19. The lowest BCUT2D eigenvalue weighted by Crippen LogP contribution is -2.29. The summed E-state index contributed by atoms with van der Waals surface area (Å²) in [7, 11) is 5.91. The molecular weight excluding hydrogens is 190 g/mol. The van der Waals surface area contributed by atoms with Crippen LogP contribution in [0.5, 0.6) is 0 Å². The van der Waals surface area contributed by atoms with E-state index in [-0.39, 0.29) is 0 Å². The van der Waals surface area contributed by atoms with Gasteiger partial charge in [-0.15, -0.1) is 0 Å². The molecule has 0 aliphatic heterocycles. The Bertz CT molecular complexity index is 318. The molecule has 0 radical (unpaired) electrons. The summed E-state index contributed by atoms with van der Waals surface area (Å²) in [5.41, 5.74) is 7.82. The number of likely N-dealkylation sites (N-methyl/N-ethyl adjacent to an activating group) is 2. The van der Waals surface area contributed by atoms with Crippen molar-refractivity contribution in [3.8, 4) is 0 Å². The predicted octanol–water partition coefficient (Wildman–Crippen LogP) is 0.220. The molecule has 86 valence electrons. The molecule has 1 aromatic rings. The van der Waals surface area contributed by atoms with Gasteiger partial charge >= 0.3 is 0 Å². The van der Waals surface area contributed by atoms with Crippen LogP contribution in [0.2, 0.25) is 0 Å². The van der Waals surface area contributed by atoms with Crippen LogP contribution in [0.3, 0.4) is 0 Å². The van der Waals surface area contributed by atoms with Crippen LogP contribution in [0.4, 0.5) is 11.5 Å². The minimum absolute atomic E-state index is 0.804. The minimum Gasteiger partial charge on any atom is -0.394 e. The zero-order chi connectivity index (χ0) is 11.4. The van der Waals surface area contributed by atoms with Crippen molar-refractivity contribution in [2.45, 2.75) is 13.3 Å². The van der Waals surface area contributed by atoms with Crippen molar-refractivity contribution in [1.29, 1.82) is 0 Å². The van der Waals surface area contributed by atoms with Crippen molar-refractivity contribution in [3.63, 3.8) is 0 Å². The van der Waals surface area contributed by atoms with Gasteiger partial charge in [-0.05, 0) is 13.5 Å². The van der Waals surface area contributed by atoms with Crippen LogP contribution in [0.25, 0.3) is 0 Å². The lowest BCUT2D eigenvalue weighted by atomic mass is 10.3. The first-order valence-corrected chi connectivity index (χ1v) is 5.28. The summed E-state index contributed by atoms with van der Waals surface area (Å²) in [6.45, 7) is 3.92. The molecule has 5 heteroatoms. The smallest absolute Gasteiger partial charge is 0.150 e. The van der Waals surface area contributed by atoms with Gasteiger partial charge in [0.15, 0.2) is 0 Å². The summed E-state index contributed by atoms with van der Waals surface area (Å²) in [6, 6.07) is 0. The number of aromatic nitrogens is 2. The molecule has 0 atom stereocenters. The molecule has 5 nitrogen and oxygen atoms in total. The maximum absolute atomic E-state index is 6.04. The second kappa shape index (κ2) is 5.02. The van der Waals surface area contributed by atoms with Gasteiger partial charge in [-0.1, -0.05) is 6.92 Å². The van der Waals surface area contributed by atoms with Gasteiger partial charge in [-0.25, -0.2) is 0 Å². The molecule has 0 aliphatic carbocycles. The number of nitrogens with zero attached hydrogens (tertiary/aromatic N) is 3. The Balaban J connectivity index is 2.87. The lowest BCUT2D eigenvalue weighted by molar-refractivity contribution is 0.702. The van der Waals surface area contributed by atoms with E-state index in [1.807, 2.05) is 25.8 Å². The van der Waals surface area contributed by atoms with Gasteiger partial charge in [-0.3, -0.25) is 4.68 Å². The number of nitrogens with two attached hydrogens (primary N) is 1. The molecule has 0 fully saturated rings. The van der Waals surface area contributed by atoms with E-state index in [0.29, 0.717) is 0 Å². The second-order valence-corrected chi connectivity index (χ2v) is 3.69. The van der Waals surface area contributed by atoms with Crippen LogP contribution in [-0.2, 0) is 13.5 Å². The fourth-order valence-electron chi connectivity index (χ4n) is 1.68. The number of rotatable bonds is 5. The van der Waals surface area contributed by atoms with Crippen LogP contribution in [0.1, 0.15) is 12.6 Å². The topological polar surface area (TPSA) is 59.1 Å². The highest BCUT2D eigenvalue weighted by Crippen LogP contribution is 2.24. The first-order chi connectivity index (χ1) is 7.11. The number of hydrogen-bond donors (Lipinski definition) is 2. The summed E-state index contributed by atoms with van der Waals surface area (Å²) in [6.07, 6.45) is 0.875. The molecular formula is C10H21N5. The normalized spacial score (nSPS) is 10.7. The second-order valence-electron chi connectivity index (χ2n) is 3.69. The van der Waals surface area contributed by atoms with E-state index in [1.54, 1.807) is 0 Å². The Morgan fingerprint density at radius 2 is 2.20 bits per heavy atom. The third-order valence-electron chi connectivity index (χ3n) is 2.52. The van der Waals surface area contributed by atoms with Gasteiger partial charge in [0.1, 0.15) is 5.82 Å². The summed E-state index contributed by atoms with van der Waals surface area (Å²) in [5, 5.41) is 7.50. The molecule has 0 bridgehead atoms. The minimum atomic E-state index is 0.804. The van der Waals surface area contributed by atoms with E-state index in [9.17, 15) is 0 Å². The fraction of sp³-hybridized carbons (Fsp3) is 0.700. The Morgan fingerprint density at radius 1 is 1.53 bits per heavy atom. The number of nitrogen functional groups attached to an aromatic ring is 1. The van der Waals surface area contributed by atoms with Crippen LogP contribution in [0.15, 0.2) is 0 Å². The Labute approximate surface area is 91.2 Å². The molecule has 0 aliphatic rings. The van der Waals surface area contributed by atoms with E-state index in [0.717, 1.165) is 36.7 Å². The van der Waals surface area contributed by atoms with Crippen molar-refractivity contribution < 1.29 is 0 Å². The van der Waals surface area contributed by atoms with Gasteiger partial charge in [0.05, 0.1) is 11.4 Å². The Morgan fingerprint density at radius 3 is 2.67 bits per heavy atom. The van der Waals surface area contributed by atoms with Gasteiger partial charge in [0, 0.05) is 27.2 Å². The van der Waals surface area contributed by atoms with Crippen molar-refractivity contribution in [2.24, 2.45) is 7.05 Å². The number of hydrogen-bond acceptors (Lipinski definition) is 4. The van der Waals surface area contributed by atoms with E-state index < -0.39 is 0 Å². The molecule has 1 aromatic heterocycles. The highest BCUT2D eigenvalue weighted by Gasteiger charge is 2.14. The van der Waals surface area contributed by atoms with Crippen molar-refractivity contribution in [3.05, 3.63) is 5.69 Å². The SMILES string of the molecule is CCc1nn(C)c(N(C)CCNC)c1N. The van der Waals surface area contributed by atoms with Crippen molar-refractivity contribution in [1.82, 2.24) is 15.1 Å². The Kier molecular flexibility index (Phi) is 3.96. The van der Waals surface area contributed by atoms with E-state index in [2.05, 4.69) is 22.2 Å². The third kappa shape index (κ3) is 2.41. The Hall–Kier alpha value is -1.23. The summed E-state index contributed by atoms with van der Waals surface area (Å²) in [5.74, 6) is 1.00. The molecule has 0 unspecified atom stereocenters. The van der Waals surface area contributed by atoms with Gasteiger partial charge < -0.3 is 16.0 Å². The summed E-state index contributed by atoms with van der Waals surface area (Å²) < 4.78 is 1.85. The van der Waals surface area contributed by atoms with Crippen LogP contribution in [0, 0.1) is 0 Å². The summed E-state index contributed by atoms with van der Waals surface area (Å²) in [4.78, 5) is 2.12. The van der Waals surface area contributed by atoms with Crippen molar-refractivity contribution >= 4 is 11.5 Å². The number of nitrogens with one attached hydrogen (secondary N) is 1. The largest absolute Gasteiger partial charge is 0.394 e. The predicted molar refractivity (Wildman–Crippen MR) is 64.2 cm³/mol. The first kappa shape index (κ1) is 11.8. The molecule has 0 spiro atoms. The zero-order valence-corrected chi connectivity index (χ0v) is 10.0. The molecule has 1 rings (SSSR count). The van der Waals surface area contributed by atoms with Gasteiger partial charge in [0.2, 0.25) is 0 Å². The molecule has 3 N–H and O–H groups in total. The third-order valence-corrected chi connectivity index (χ3v) is 2.52. The first-order valence-electron chi connectivity index (χ1n) is 5.28. The van der Waals surface area contributed by atoms with Crippen molar-refractivity contribution in [2.75, 3.05) is 37.8 Å². The molecule has 0 saturated heterocycles. The van der Waals surface area contributed by atoms with Crippen LogP contribution < -0.4 is 16.0 Å². The monoisotopic (exact) mass is 211 g/mol. The number of aryl methyl sites for hydroxylation is 2. The molecule has 0 aromatic carbocycles. The van der Waals surface area contributed by atoms with Crippen LogP contribution >= 0.6 is 0 Å². The molecule has 0 saturated carbocycles. The molecule has 15 heavy (non-hydrogen) atoms. The highest BCUT2D eigenvalue weighted by atomic mass is 15.4. The average molecular weight is 211 g/mol. The standard InChI is InChI=1S/C10H21N5/c1-5-8-9(11)10(15(4)13-8)14(3)7-6-12-2/h12H,5-7,11H2,1-4H3. The quantitative estimate of drug-likeness (QED) is 0.731. The zero-order valence-electron chi connectivity index (χ0n) is 10.0. The molecule has 0 amide bonds. The molecule has 1 heterocycles. The average Bonchev–Trinajstić information content (AvgIpc) is 2.50. The van der Waals surface area contributed by atoms with Gasteiger partial charge in [0.25, 0.3) is 0 Å². The highest BCUT2D eigenvalue weighted by molar-refractivity contribution is 5.66. The van der Waals surface area contributed by atoms with E-state index in [1.165, 1.54) is 0 Å².